The van der Waals surface area contributed by atoms with Gasteiger partial charge in [0.2, 0.25) is 0 Å². The van der Waals surface area contributed by atoms with Crippen LogP contribution in [0, 0.1) is 5.92 Å². The number of aryl methyl sites for hydroxylation is 1. The summed E-state index contributed by atoms with van der Waals surface area (Å²) < 4.78 is 5.47. The van der Waals surface area contributed by atoms with Crippen LogP contribution in [0.25, 0.3) is 0 Å². The number of nitrogens with one attached hydrogen (secondary N) is 1. The number of hydrogen-bond acceptors (Lipinski definition) is 3. The van der Waals surface area contributed by atoms with Gasteiger partial charge in [-0.2, -0.15) is 0 Å². The van der Waals surface area contributed by atoms with Crippen LogP contribution in [-0.4, -0.2) is 25.8 Å². The topological polar surface area (TPSA) is 21.3 Å². The predicted octanol–water partition coefficient (Wildman–Crippen LogP) is 3.26. The number of likely N-dealkylation sites (N-methyl/N-ethyl adjacent to an activating group) is 1. The highest BCUT2D eigenvalue weighted by atomic mass is 32.1. The van der Waals surface area contributed by atoms with Crippen LogP contribution in [-0.2, 0) is 17.6 Å². The Morgan fingerprint density at radius 3 is 2.61 bits per heavy atom. The van der Waals surface area contributed by atoms with Crippen molar-refractivity contribution in [3.63, 3.8) is 0 Å². The van der Waals surface area contributed by atoms with Crippen LogP contribution in [0.1, 0.15) is 36.4 Å². The van der Waals surface area contributed by atoms with Crippen LogP contribution >= 0.6 is 11.3 Å². The lowest BCUT2D eigenvalue weighted by Gasteiger charge is -2.30. The molecule has 1 fully saturated rings. The summed E-state index contributed by atoms with van der Waals surface area (Å²) in [6.07, 6.45) is 4.77. The summed E-state index contributed by atoms with van der Waals surface area (Å²) in [6.45, 7) is 7.39. The third-order valence-electron chi connectivity index (χ3n) is 3.79. The zero-order valence-electron chi connectivity index (χ0n) is 11.6. The Balaban J connectivity index is 1.95. The van der Waals surface area contributed by atoms with Gasteiger partial charge in [-0.25, -0.2) is 0 Å². The number of thiophene rings is 1. The second-order valence-electron chi connectivity index (χ2n) is 5.04. The Morgan fingerprint density at radius 1 is 1.28 bits per heavy atom. The number of ether oxygens (including phenoxy) is 1. The molecule has 1 aromatic rings. The van der Waals surface area contributed by atoms with E-state index in [-0.39, 0.29) is 0 Å². The maximum Gasteiger partial charge on any atom is 0.0469 e. The zero-order chi connectivity index (χ0) is 12.8. The van der Waals surface area contributed by atoms with Crippen molar-refractivity contribution in [2.45, 2.75) is 45.6 Å². The molecule has 3 heteroatoms. The molecule has 1 aliphatic heterocycles. The van der Waals surface area contributed by atoms with Gasteiger partial charge in [-0.15, -0.1) is 11.3 Å². The minimum atomic E-state index is 0.627. The quantitative estimate of drug-likeness (QED) is 0.854. The lowest BCUT2D eigenvalue weighted by molar-refractivity contribution is 0.0541. The molecule has 18 heavy (non-hydrogen) atoms. The summed E-state index contributed by atoms with van der Waals surface area (Å²) in [6, 6.07) is 5.22. The van der Waals surface area contributed by atoms with E-state index >= 15 is 0 Å². The Morgan fingerprint density at radius 2 is 2.00 bits per heavy atom. The SMILES string of the molecule is CCNC(Cc1ccc(CC)s1)C1CCOCC1. The lowest BCUT2D eigenvalue weighted by Crippen LogP contribution is -2.40. The van der Waals surface area contributed by atoms with E-state index in [9.17, 15) is 0 Å². The van der Waals surface area contributed by atoms with Gasteiger partial charge < -0.3 is 10.1 Å². The molecule has 0 aliphatic carbocycles. The van der Waals surface area contributed by atoms with Crippen LogP contribution in [0.4, 0.5) is 0 Å². The third kappa shape index (κ3) is 3.81. The molecule has 2 nitrogen and oxygen atoms in total. The van der Waals surface area contributed by atoms with Crippen LogP contribution in [0.2, 0.25) is 0 Å². The van der Waals surface area contributed by atoms with E-state index in [2.05, 4.69) is 31.3 Å². The standard InChI is InChI=1S/C15H25NOS/c1-3-13-5-6-14(18-13)11-15(16-4-2)12-7-9-17-10-8-12/h5-6,12,15-16H,3-4,7-11H2,1-2H3. The second kappa shape index (κ2) is 7.27. The van der Waals surface area contributed by atoms with E-state index < -0.39 is 0 Å². The van der Waals surface area contributed by atoms with E-state index in [4.69, 9.17) is 4.74 Å². The predicted molar refractivity (Wildman–Crippen MR) is 78.4 cm³/mol. The molecule has 1 saturated heterocycles. The number of rotatable bonds is 6. The van der Waals surface area contributed by atoms with Crippen LogP contribution < -0.4 is 5.32 Å². The lowest BCUT2D eigenvalue weighted by atomic mass is 9.89. The van der Waals surface area contributed by atoms with Gasteiger partial charge in [0.15, 0.2) is 0 Å². The average molecular weight is 267 g/mol. The molecule has 2 heterocycles. The first-order valence-electron chi connectivity index (χ1n) is 7.22. The van der Waals surface area contributed by atoms with Crippen molar-refractivity contribution < 1.29 is 4.74 Å². The van der Waals surface area contributed by atoms with Crippen molar-refractivity contribution in [2.75, 3.05) is 19.8 Å². The van der Waals surface area contributed by atoms with E-state index in [0.29, 0.717) is 6.04 Å². The van der Waals surface area contributed by atoms with E-state index in [0.717, 1.165) is 32.1 Å². The van der Waals surface area contributed by atoms with Gasteiger partial charge in [0.1, 0.15) is 0 Å². The molecule has 2 rings (SSSR count). The van der Waals surface area contributed by atoms with Crippen molar-refractivity contribution >= 4 is 11.3 Å². The van der Waals surface area contributed by atoms with Gasteiger partial charge in [-0.1, -0.05) is 13.8 Å². The Bertz CT molecular complexity index is 344. The van der Waals surface area contributed by atoms with E-state index in [1.807, 2.05) is 11.3 Å². The zero-order valence-corrected chi connectivity index (χ0v) is 12.4. The highest BCUT2D eigenvalue weighted by molar-refractivity contribution is 7.11. The van der Waals surface area contributed by atoms with E-state index in [1.165, 1.54) is 29.0 Å². The summed E-state index contributed by atoms with van der Waals surface area (Å²) in [5.74, 6) is 0.783. The molecule has 0 amide bonds. The highest BCUT2D eigenvalue weighted by Gasteiger charge is 2.23. The fourth-order valence-corrected chi connectivity index (χ4v) is 3.74. The molecule has 1 aromatic heterocycles. The van der Waals surface area contributed by atoms with Gasteiger partial charge >= 0.3 is 0 Å². The van der Waals surface area contributed by atoms with Crippen molar-refractivity contribution in [1.29, 1.82) is 0 Å². The van der Waals surface area contributed by atoms with Gasteiger partial charge in [0, 0.05) is 29.0 Å². The molecule has 0 aromatic carbocycles. The van der Waals surface area contributed by atoms with Crippen molar-refractivity contribution in [2.24, 2.45) is 5.92 Å². The molecule has 1 atom stereocenters. The van der Waals surface area contributed by atoms with Crippen LogP contribution in [0.15, 0.2) is 12.1 Å². The molecular formula is C15H25NOS. The Kier molecular flexibility index (Phi) is 5.67. The average Bonchev–Trinajstić information content (AvgIpc) is 2.87. The summed E-state index contributed by atoms with van der Waals surface area (Å²) in [7, 11) is 0. The first-order valence-corrected chi connectivity index (χ1v) is 8.03. The van der Waals surface area contributed by atoms with Crippen LogP contribution in [0.3, 0.4) is 0 Å². The third-order valence-corrected chi connectivity index (χ3v) is 5.04. The largest absolute Gasteiger partial charge is 0.381 e. The molecule has 1 aliphatic rings. The molecule has 0 bridgehead atoms. The Labute approximate surface area is 115 Å². The first-order chi connectivity index (χ1) is 8.83. The van der Waals surface area contributed by atoms with E-state index in [1.54, 1.807) is 0 Å². The molecule has 0 spiro atoms. The minimum Gasteiger partial charge on any atom is -0.381 e. The van der Waals surface area contributed by atoms with Gasteiger partial charge in [-0.3, -0.25) is 0 Å². The van der Waals surface area contributed by atoms with Crippen LogP contribution in [0.5, 0.6) is 0 Å². The van der Waals surface area contributed by atoms with Gasteiger partial charge in [0.05, 0.1) is 0 Å². The minimum absolute atomic E-state index is 0.627. The van der Waals surface area contributed by atoms with Gasteiger partial charge in [0.25, 0.3) is 0 Å². The molecule has 1 N–H and O–H groups in total. The van der Waals surface area contributed by atoms with Crippen molar-refractivity contribution in [1.82, 2.24) is 5.32 Å². The first kappa shape index (κ1) is 14.0. The normalized spacial score (nSPS) is 19.0. The maximum atomic E-state index is 5.47. The number of hydrogen-bond donors (Lipinski definition) is 1. The molecule has 1 unspecified atom stereocenters. The summed E-state index contributed by atoms with van der Waals surface area (Å²) in [4.78, 5) is 3.04. The van der Waals surface area contributed by atoms with Gasteiger partial charge in [-0.05, 0) is 50.3 Å². The van der Waals surface area contributed by atoms with Crippen molar-refractivity contribution in [3.05, 3.63) is 21.9 Å². The summed E-state index contributed by atoms with van der Waals surface area (Å²) in [5.41, 5.74) is 0. The monoisotopic (exact) mass is 267 g/mol. The highest BCUT2D eigenvalue weighted by Crippen LogP contribution is 2.25. The molecule has 0 saturated carbocycles. The molecular weight excluding hydrogens is 242 g/mol. The smallest absolute Gasteiger partial charge is 0.0469 e. The molecule has 0 radical (unpaired) electrons. The maximum absolute atomic E-state index is 5.47. The van der Waals surface area contributed by atoms with Crippen molar-refractivity contribution in [3.8, 4) is 0 Å². The summed E-state index contributed by atoms with van der Waals surface area (Å²) >= 11 is 1.98. The fourth-order valence-electron chi connectivity index (χ4n) is 2.72. The Hall–Kier alpha value is -0.380. The fraction of sp³-hybridized carbons (Fsp3) is 0.733. The second-order valence-corrected chi connectivity index (χ2v) is 6.29. The molecule has 102 valence electrons. The summed E-state index contributed by atoms with van der Waals surface area (Å²) in [5, 5.41) is 3.68.